The molecule has 2 amide bonds. The van der Waals surface area contributed by atoms with Crippen LogP contribution in [-0.4, -0.2) is 23.0 Å². The van der Waals surface area contributed by atoms with Crippen LogP contribution in [0.2, 0.25) is 0 Å². The van der Waals surface area contributed by atoms with Crippen LogP contribution in [0.1, 0.15) is 18.9 Å². The number of hydrogen-bond donors (Lipinski definition) is 3. The number of nitrogens with one attached hydrogen (secondary N) is 1. The zero-order valence-electron chi connectivity index (χ0n) is 9.64. The molecule has 0 bridgehead atoms. The number of benzene rings is 1. The van der Waals surface area contributed by atoms with E-state index in [0.29, 0.717) is 5.56 Å². The number of phenolic OH excluding ortho intramolecular Hbond substituents is 1. The lowest BCUT2D eigenvalue weighted by Gasteiger charge is -2.12. The second-order valence-electron chi connectivity index (χ2n) is 3.94. The molecule has 92 valence electrons. The van der Waals surface area contributed by atoms with Crippen LogP contribution in [0, 0.1) is 0 Å². The van der Waals surface area contributed by atoms with Crippen molar-refractivity contribution in [3.63, 3.8) is 0 Å². The Kier molecular flexibility index (Phi) is 4.51. The van der Waals surface area contributed by atoms with Gasteiger partial charge >= 0.3 is 0 Å². The van der Waals surface area contributed by atoms with Crippen molar-refractivity contribution >= 4 is 11.8 Å². The maximum Gasteiger partial charge on any atom is 0.224 e. The standard InChI is InChI=1S/C12H16N2O3/c1-8(6-11(13)16)14-12(17)7-9-4-2-3-5-10(9)15/h2-5,8,15H,6-7H2,1H3,(H2,13,16)(H,14,17). The van der Waals surface area contributed by atoms with E-state index in [1.54, 1.807) is 25.1 Å². The number of hydrogen-bond acceptors (Lipinski definition) is 3. The molecule has 0 spiro atoms. The number of nitrogens with two attached hydrogens (primary N) is 1. The fraction of sp³-hybridized carbons (Fsp3) is 0.333. The molecule has 5 heteroatoms. The summed E-state index contributed by atoms with van der Waals surface area (Å²) in [7, 11) is 0. The summed E-state index contributed by atoms with van der Waals surface area (Å²) in [5.41, 5.74) is 5.57. The Labute approximate surface area is 99.6 Å². The molecule has 1 aromatic carbocycles. The Morgan fingerprint density at radius 2 is 2.06 bits per heavy atom. The van der Waals surface area contributed by atoms with Crippen LogP contribution >= 0.6 is 0 Å². The molecule has 17 heavy (non-hydrogen) atoms. The minimum absolute atomic E-state index is 0.0791. The number of phenols is 1. The van der Waals surface area contributed by atoms with E-state index >= 15 is 0 Å². The average molecular weight is 236 g/mol. The van der Waals surface area contributed by atoms with Gasteiger partial charge in [0.15, 0.2) is 0 Å². The van der Waals surface area contributed by atoms with Crippen molar-refractivity contribution < 1.29 is 14.7 Å². The van der Waals surface area contributed by atoms with E-state index in [4.69, 9.17) is 5.73 Å². The van der Waals surface area contributed by atoms with Crippen LogP contribution in [0.25, 0.3) is 0 Å². The minimum Gasteiger partial charge on any atom is -0.508 e. The first kappa shape index (κ1) is 13.0. The Morgan fingerprint density at radius 3 is 2.65 bits per heavy atom. The predicted octanol–water partition coefficient (Wildman–Crippen LogP) is 0.315. The molecule has 0 aromatic heterocycles. The summed E-state index contributed by atoms with van der Waals surface area (Å²) >= 11 is 0. The van der Waals surface area contributed by atoms with Crippen molar-refractivity contribution in [3.05, 3.63) is 29.8 Å². The molecule has 0 aliphatic carbocycles. The highest BCUT2D eigenvalue weighted by atomic mass is 16.3. The third-order valence-electron chi connectivity index (χ3n) is 2.26. The lowest BCUT2D eigenvalue weighted by atomic mass is 10.1. The summed E-state index contributed by atoms with van der Waals surface area (Å²) in [6.45, 7) is 1.70. The van der Waals surface area contributed by atoms with Gasteiger partial charge in [0.2, 0.25) is 11.8 Å². The second-order valence-corrected chi connectivity index (χ2v) is 3.94. The van der Waals surface area contributed by atoms with Crippen molar-refractivity contribution in [2.75, 3.05) is 0 Å². The van der Waals surface area contributed by atoms with Crippen LogP contribution in [0.3, 0.4) is 0 Å². The van der Waals surface area contributed by atoms with E-state index in [2.05, 4.69) is 5.32 Å². The molecule has 1 atom stereocenters. The first-order chi connectivity index (χ1) is 7.99. The van der Waals surface area contributed by atoms with Gasteiger partial charge in [0, 0.05) is 18.0 Å². The van der Waals surface area contributed by atoms with Gasteiger partial charge in [-0.25, -0.2) is 0 Å². The monoisotopic (exact) mass is 236 g/mol. The molecular formula is C12H16N2O3. The number of amides is 2. The minimum atomic E-state index is -0.458. The van der Waals surface area contributed by atoms with Gasteiger partial charge in [0.1, 0.15) is 5.75 Å². The van der Waals surface area contributed by atoms with Crippen LogP contribution < -0.4 is 11.1 Å². The lowest BCUT2D eigenvalue weighted by Crippen LogP contribution is -2.36. The molecule has 0 saturated carbocycles. The fourth-order valence-corrected chi connectivity index (χ4v) is 1.51. The molecule has 0 aliphatic heterocycles. The van der Waals surface area contributed by atoms with Gasteiger partial charge in [-0.3, -0.25) is 9.59 Å². The third-order valence-corrected chi connectivity index (χ3v) is 2.26. The van der Waals surface area contributed by atoms with E-state index in [9.17, 15) is 14.7 Å². The highest BCUT2D eigenvalue weighted by molar-refractivity contribution is 5.81. The number of carbonyl (C=O) groups excluding carboxylic acids is 2. The van der Waals surface area contributed by atoms with Crippen molar-refractivity contribution in [2.24, 2.45) is 5.73 Å². The predicted molar refractivity (Wildman–Crippen MR) is 63.2 cm³/mol. The van der Waals surface area contributed by atoms with Crippen molar-refractivity contribution in [1.82, 2.24) is 5.32 Å². The maximum absolute atomic E-state index is 11.6. The van der Waals surface area contributed by atoms with Crippen molar-refractivity contribution in [1.29, 1.82) is 0 Å². The molecule has 0 heterocycles. The van der Waals surface area contributed by atoms with Crippen LogP contribution in [-0.2, 0) is 16.0 Å². The molecule has 0 radical (unpaired) electrons. The topological polar surface area (TPSA) is 92.4 Å². The third kappa shape index (κ3) is 4.55. The van der Waals surface area contributed by atoms with E-state index in [0.717, 1.165) is 0 Å². The van der Waals surface area contributed by atoms with E-state index < -0.39 is 5.91 Å². The van der Waals surface area contributed by atoms with Crippen LogP contribution in [0.4, 0.5) is 0 Å². The molecule has 1 aromatic rings. The smallest absolute Gasteiger partial charge is 0.224 e. The van der Waals surface area contributed by atoms with Gasteiger partial charge in [-0.1, -0.05) is 18.2 Å². The molecule has 1 rings (SSSR count). The summed E-state index contributed by atoms with van der Waals surface area (Å²) in [5, 5.41) is 12.1. The maximum atomic E-state index is 11.6. The van der Waals surface area contributed by atoms with Crippen LogP contribution in [0.5, 0.6) is 5.75 Å². The molecular weight excluding hydrogens is 220 g/mol. The zero-order chi connectivity index (χ0) is 12.8. The first-order valence-electron chi connectivity index (χ1n) is 5.33. The van der Waals surface area contributed by atoms with Crippen molar-refractivity contribution in [2.45, 2.75) is 25.8 Å². The Morgan fingerprint density at radius 1 is 1.41 bits per heavy atom. The molecule has 4 N–H and O–H groups in total. The number of rotatable bonds is 5. The first-order valence-corrected chi connectivity index (χ1v) is 5.33. The molecule has 5 nitrogen and oxygen atoms in total. The summed E-state index contributed by atoms with van der Waals surface area (Å²) < 4.78 is 0. The summed E-state index contributed by atoms with van der Waals surface area (Å²) in [6.07, 6.45) is 0.183. The normalized spacial score (nSPS) is 11.8. The SMILES string of the molecule is CC(CC(N)=O)NC(=O)Cc1ccccc1O. The largest absolute Gasteiger partial charge is 0.508 e. The molecule has 1 unspecified atom stereocenters. The quantitative estimate of drug-likeness (QED) is 0.687. The van der Waals surface area contributed by atoms with E-state index in [1.807, 2.05) is 0 Å². The highest BCUT2D eigenvalue weighted by Gasteiger charge is 2.11. The number of carbonyl (C=O) groups is 2. The summed E-state index contributed by atoms with van der Waals surface area (Å²) in [5.74, 6) is -0.620. The average Bonchev–Trinajstić information content (AvgIpc) is 2.19. The van der Waals surface area contributed by atoms with E-state index in [-0.39, 0.29) is 30.5 Å². The Balaban J connectivity index is 2.50. The summed E-state index contributed by atoms with van der Waals surface area (Å²) in [4.78, 5) is 22.2. The Hall–Kier alpha value is -2.04. The van der Waals surface area contributed by atoms with Gasteiger partial charge < -0.3 is 16.2 Å². The molecule has 0 fully saturated rings. The number of aromatic hydroxyl groups is 1. The second kappa shape index (κ2) is 5.89. The summed E-state index contributed by atoms with van der Waals surface area (Å²) in [6, 6.07) is 6.33. The lowest BCUT2D eigenvalue weighted by molar-refractivity contribution is -0.121. The molecule has 0 aliphatic rings. The van der Waals surface area contributed by atoms with Crippen LogP contribution in [0.15, 0.2) is 24.3 Å². The number of para-hydroxylation sites is 1. The van der Waals surface area contributed by atoms with E-state index in [1.165, 1.54) is 6.07 Å². The van der Waals surface area contributed by atoms with Gasteiger partial charge in [-0.05, 0) is 13.0 Å². The molecule has 0 saturated heterocycles. The van der Waals surface area contributed by atoms with Gasteiger partial charge in [0.25, 0.3) is 0 Å². The van der Waals surface area contributed by atoms with Gasteiger partial charge in [0.05, 0.1) is 6.42 Å². The Bertz CT molecular complexity index is 418. The number of primary amides is 1. The van der Waals surface area contributed by atoms with Gasteiger partial charge in [-0.2, -0.15) is 0 Å². The van der Waals surface area contributed by atoms with Crippen molar-refractivity contribution in [3.8, 4) is 5.75 Å². The zero-order valence-corrected chi connectivity index (χ0v) is 9.64. The highest BCUT2D eigenvalue weighted by Crippen LogP contribution is 2.15. The van der Waals surface area contributed by atoms with Gasteiger partial charge in [-0.15, -0.1) is 0 Å². The fourth-order valence-electron chi connectivity index (χ4n) is 1.51.